The van der Waals surface area contributed by atoms with E-state index in [0.29, 0.717) is 0 Å². The van der Waals surface area contributed by atoms with Crippen LogP contribution in [0.4, 0.5) is 0 Å². The fourth-order valence-corrected chi connectivity index (χ4v) is 2.24. The molecule has 5 heteroatoms. The van der Waals surface area contributed by atoms with E-state index < -0.39 is 0 Å². The van der Waals surface area contributed by atoms with Gasteiger partial charge in [0, 0.05) is 20.1 Å². The van der Waals surface area contributed by atoms with Crippen LogP contribution in [0.2, 0.25) is 0 Å². The van der Waals surface area contributed by atoms with Gasteiger partial charge in [0.2, 0.25) is 0 Å². The zero-order valence-electron chi connectivity index (χ0n) is 13.8. The van der Waals surface area contributed by atoms with Crippen molar-refractivity contribution < 1.29 is 4.74 Å². The van der Waals surface area contributed by atoms with Crippen LogP contribution in [0.15, 0.2) is 16.6 Å². The lowest BCUT2D eigenvalue weighted by Crippen LogP contribution is -2.38. The summed E-state index contributed by atoms with van der Waals surface area (Å²) < 4.78 is 5.31. The molecule has 2 N–H and O–H groups in total. The summed E-state index contributed by atoms with van der Waals surface area (Å²) in [6.45, 7) is 8.14. The van der Waals surface area contributed by atoms with E-state index >= 15 is 0 Å². The molecule has 0 atom stereocenters. The molecule has 0 radical (unpaired) electrons. The van der Waals surface area contributed by atoms with Gasteiger partial charge in [0.05, 0.1) is 13.2 Å². The van der Waals surface area contributed by atoms with Gasteiger partial charge >= 0.3 is 0 Å². The highest BCUT2D eigenvalue weighted by atomic mass is 127. The number of nitrogens with zero attached hydrogens (tertiary/aromatic N) is 1. The van der Waals surface area contributed by atoms with E-state index in [1.165, 1.54) is 24.8 Å². The summed E-state index contributed by atoms with van der Waals surface area (Å²) in [7, 11) is 1.83. The number of aliphatic imine (C=N–C) groups is 1. The maximum absolute atomic E-state index is 5.31. The number of rotatable bonds is 8. The maximum Gasteiger partial charge on any atom is 0.190 e. The van der Waals surface area contributed by atoms with Crippen molar-refractivity contribution in [2.75, 3.05) is 33.4 Å². The number of hydrogen-bond acceptors (Lipinski definition) is 2. The SMILES string of the molecule is CN=C(NCCCCC(C)C)NCCC1=CCOCC1.I. The molecule has 1 aliphatic heterocycles. The molecule has 21 heavy (non-hydrogen) atoms. The largest absolute Gasteiger partial charge is 0.377 e. The van der Waals surface area contributed by atoms with Gasteiger partial charge in [0.15, 0.2) is 5.96 Å². The van der Waals surface area contributed by atoms with Crippen LogP contribution in [-0.2, 0) is 4.74 Å². The predicted molar refractivity (Wildman–Crippen MR) is 102 cm³/mol. The molecule has 124 valence electrons. The third kappa shape index (κ3) is 11.0. The summed E-state index contributed by atoms with van der Waals surface area (Å²) in [6.07, 6.45) is 8.16. The highest BCUT2D eigenvalue weighted by Crippen LogP contribution is 2.10. The number of hydrogen-bond donors (Lipinski definition) is 2. The second kappa shape index (κ2) is 13.4. The Bertz CT molecular complexity index is 317. The van der Waals surface area contributed by atoms with Crippen LogP contribution in [0.3, 0.4) is 0 Å². The molecule has 1 rings (SSSR count). The summed E-state index contributed by atoms with van der Waals surface area (Å²) in [6, 6.07) is 0. The van der Waals surface area contributed by atoms with Gasteiger partial charge in [-0.3, -0.25) is 4.99 Å². The van der Waals surface area contributed by atoms with Crippen molar-refractivity contribution in [3.05, 3.63) is 11.6 Å². The molecule has 0 saturated carbocycles. The predicted octanol–water partition coefficient (Wildman–Crippen LogP) is 3.33. The Kier molecular flexibility index (Phi) is 13.2. The third-order valence-corrected chi connectivity index (χ3v) is 3.52. The van der Waals surface area contributed by atoms with Gasteiger partial charge in [-0.25, -0.2) is 0 Å². The van der Waals surface area contributed by atoms with Crippen LogP contribution in [0.5, 0.6) is 0 Å². The quantitative estimate of drug-likeness (QED) is 0.213. The monoisotopic (exact) mass is 409 g/mol. The maximum atomic E-state index is 5.31. The van der Waals surface area contributed by atoms with Gasteiger partial charge < -0.3 is 15.4 Å². The van der Waals surface area contributed by atoms with Crippen LogP contribution in [0.1, 0.15) is 46.0 Å². The van der Waals surface area contributed by atoms with Crippen molar-refractivity contribution in [1.29, 1.82) is 0 Å². The molecule has 0 fully saturated rings. The van der Waals surface area contributed by atoms with Gasteiger partial charge in [-0.1, -0.05) is 38.3 Å². The molecule has 0 aromatic rings. The molecule has 0 spiro atoms. The van der Waals surface area contributed by atoms with E-state index in [1.807, 2.05) is 7.05 Å². The minimum absolute atomic E-state index is 0. The minimum Gasteiger partial charge on any atom is -0.377 e. The van der Waals surface area contributed by atoms with Crippen molar-refractivity contribution in [1.82, 2.24) is 10.6 Å². The average molecular weight is 409 g/mol. The molecule has 0 amide bonds. The van der Waals surface area contributed by atoms with Crippen LogP contribution >= 0.6 is 24.0 Å². The second-order valence-electron chi connectivity index (χ2n) is 5.75. The van der Waals surface area contributed by atoms with Crippen molar-refractivity contribution in [3.63, 3.8) is 0 Å². The Morgan fingerprint density at radius 3 is 2.67 bits per heavy atom. The molecule has 0 aromatic heterocycles. The van der Waals surface area contributed by atoms with E-state index in [1.54, 1.807) is 0 Å². The Hall–Kier alpha value is -0.300. The summed E-state index contributed by atoms with van der Waals surface area (Å²) in [5.41, 5.74) is 1.50. The van der Waals surface area contributed by atoms with E-state index in [4.69, 9.17) is 4.74 Å². The zero-order valence-corrected chi connectivity index (χ0v) is 16.1. The minimum atomic E-state index is 0. The fraction of sp³-hybridized carbons (Fsp3) is 0.812. The van der Waals surface area contributed by atoms with Gasteiger partial charge in [0.1, 0.15) is 0 Å². The summed E-state index contributed by atoms with van der Waals surface area (Å²) in [5.74, 6) is 1.72. The molecule has 1 aliphatic rings. The van der Waals surface area contributed by atoms with Crippen molar-refractivity contribution in [3.8, 4) is 0 Å². The van der Waals surface area contributed by atoms with E-state index in [2.05, 4.69) is 35.5 Å². The van der Waals surface area contributed by atoms with Crippen molar-refractivity contribution in [2.24, 2.45) is 10.9 Å². The lowest BCUT2D eigenvalue weighted by atomic mass is 10.1. The number of unbranched alkanes of at least 4 members (excludes halogenated alkanes) is 1. The normalized spacial score (nSPS) is 15.4. The van der Waals surface area contributed by atoms with E-state index in [-0.39, 0.29) is 24.0 Å². The first-order chi connectivity index (χ1) is 9.72. The van der Waals surface area contributed by atoms with Crippen molar-refractivity contribution in [2.45, 2.75) is 46.0 Å². The molecule has 4 nitrogen and oxygen atoms in total. The topological polar surface area (TPSA) is 45.7 Å². The Labute approximate surface area is 147 Å². The van der Waals surface area contributed by atoms with Crippen molar-refractivity contribution >= 4 is 29.9 Å². The van der Waals surface area contributed by atoms with Crippen LogP contribution in [0, 0.1) is 5.92 Å². The number of halogens is 1. The van der Waals surface area contributed by atoms with Crippen LogP contribution in [0.25, 0.3) is 0 Å². The second-order valence-corrected chi connectivity index (χ2v) is 5.75. The fourth-order valence-electron chi connectivity index (χ4n) is 2.24. The highest BCUT2D eigenvalue weighted by molar-refractivity contribution is 14.0. The van der Waals surface area contributed by atoms with Gasteiger partial charge in [-0.15, -0.1) is 24.0 Å². The molecule has 1 heterocycles. The molecule has 0 bridgehead atoms. The van der Waals surface area contributed by atoms with Gasteiger partial charge in [-0.05, 0) is 25.2 Å². The first-order valence-corrected chi connectivity index (χ1v) is 7.92. The number of guanidine groups is 1. The van der Waals surface area contributed by atoms with Gasteiger partial charge in [0.25, 0.3) is 0 Å². The standard InChI is InChI=1S/C16H31N3O.HI/c1-14(2)6-4-5-10-18-16(17-3)19-11-7-15-8-12-20-13-9-15;/h8,14H,4-7,9-13H2,1-3H3,(H2,17,18,19);1H. The molecule has 0 unspecified atom stereocenters. The molecule has 0 saturated heterocycles. The summed E-state index contributed by atoms with van der Waals surface area (Å²) in [5, 5.41) is 6.75. The van der Waals surface area contributed by atoms with E-state index in [0.717, 1.165) is 51.0 Å². The molecule has 0 aliphatic carbocycles. The third-order valence-electron chi connectivity index (χ3n) is 3.52. The number of ether oxygens (including phenoxy) is 1. The first kappa shape index (κ1) is 20.7. The summed E-state index contributed by atoms with van der Waals surface area (Å²) in [4.78, 5) is 4.25. The first-order valence-electron chi connectivity index (χ1n) is 7.92. The molecule has 0 aromatic carbocycles. The van der Waals surface area contributed by atoms with Crippen LogP contribution < -0.4 is 10.6 Å². The summed E-state index contributed by atoms with van der Waals surface area (Å²) >= 11 is 0. The smallest absolute Gasteiger partial charge is 0.190 e. The molecular formula is C16H32IN3O. The lowest BCUT2D eigenvalue weighted by Gasteiger charge is -2.15. The van der Waals surface area contributed by atoms with Crippen LogP contribution in [-0.4, -0.2) is 39.3 Å². The highest BCUT2D eigenvalue weighted by Gasteiger charge is 2.04. The molecular weight excluding hydrogens is 377 g/mol. The average Bonchev–Trinajstić information content (AvgIpc) is 2.46. The van der Waals surface area contributed by atoms with E-state index in [9.17, 15) is 0 Å². The Morgan fingerprint density at radius 2 is 2.05 bits per heavy atom. The zero-order chi connectivity index (χ0) is 14.6. The Balaban J connectivity index is 0.00000400. The lowest BCUT2D eigenvalue weighted by molar-refractivity contribution is 0.153. The van der Waals surface area contributed by atoms with Gasteiger partial charge in [-0.2, -0.15) is 0 Å². The Morgan fingerprint density at radius 1 is 1.29 bits per heavy atom. The number of nitrogens with one attached hydrogen (secondary N) is 2.